The lowest BCUT2D eigenvalue weighted by molar-refractivity contribution is -0.0610. The van der Waals surface area contributed by atoms with E-state index in [4.69, 9.17) is 22.8 Å². The Labute approximate surface area is 115 Å². The van der Waals surface area contributed by atoms with Crippen molar-refractivity contribution >= 4 is 14.0 Å². The molecule has 0 aliphatic heterocycles. The van der Waals surface area contributed by atoms with E-state index in [1.54, 1.807) is 21.3 Å². The zero-order chi connectivity index (χ0) is 14.3. The molecule has 0 N–H and O–H groups in total. The highest BCUT2D eigenvalue weighted by Crippen LogP contribution is 2.17. The van der Waals surface area contributed by atoms with Crippen LogP contribution in [0.1, 0.15) is 13.8 Å². The largest absolute Gasteiger partial charge is 0.540 e. The highest BCUT2D eigenvalue weighted by Gasteiger charge is 2.43. The third-order valence-corrected chi connectivity index (χ3v) is 5.40. The Balaban J connectivity index is 3.07. The van der Waals surface area contributed by atoms with Crippen LogP contribution in [0, 0.1) is 0 Å². The molecule has 19 heavy (non-hydrogen) atoms. The first kappa shape index (κ1) is 16.1. The van der Waals surface area contributed by atoms with Gasteiger partial charge in [-0.3, -0.25) is 0 Å². The maximum absolute atomic E-state index is 5.77. The van der Waals surface area contributed by atoms with Crippen molar-refractivity contribution < 1.29 is 22.8 Å². The number of benzene rings is 1. The summed E-state index contributed by atoms with van der Waals surface area (Å²) >= 11 is 0. The molecule has 0 aliphatic carbocycles. The van der Waals surface area contributed by atoms with Gasteiger partial charge in [-0.2, -0.15) is 0 Å². The molecule has 1 unspecified atom stereocenters. The van der Waals surface area contributed by atoms with Crippen molar-refractivity contribution in [2.75, 3.05) is 27.9 Å². The van der Waals surface area contributed by atoms with Crippen LogP contribution in [-0.2, 0) is 18.0 Å². The minimum Gasteiger partial charge on any atom is -0.465 e. The summed E-state index contributed by atoms with van der Waals surface area (Å²) in [7, 11) is 1.81. The molecule has 0 saturated heterocycles. The molecule has 0 fully saturated rings. The van der Waals surface area contributed by atoms with Crippen molar-refractivity contribution in [1.82, 2.24) is 0 Å². The monoisotopic (exact) mass is 286 g/mol. The van der Waals surface area contributed by atoms with Gasteiger partial charge in [-0.05, 0) is 19.9 Å². The summed E-state index contributed by atoms with van der Waals surface area (Å²) in [4.78, 5) is 0. The first-order valence-electron chi connectivity index (χ1n) is 6.16. The van der Waals surface area contributed by atoms with Crippen molar-refractivity contribution in [1.29, 1.82) is 0 Å². The highest BCUT2D eigenvalue weighted by molar-refractivity contribution is 6.76. The van der Waals surface area contributed by atoms with Crippen LogP contribution in [0.4, 0.5) is 0 Å². The average molecular weight is 286 g/mol. The predicted octanol–water partition coefficient (Wildman–Crippen LogP) is 1.53. The van der Waals surface area contributed by atoms with Crippen LogP contribution < -0.4 is 9.92 Å². The number of para-hydroxylation sites is 1. The van der Waals surface area contributed by atoms with Crippen molar-refractivity contribution in [3.05, 3.63) is 24.3 Å². The number of ether oxygens (including phenoxy) is 2. The molecule has 1 aromatic carbocycles. The van der Waals surface area contributed by atoms with Crippen LogP contribution in [0.2, 0.25) is 0 Å². The van der Waals surface area contributed by atoms with Gasteiger partial charge in [0.1, 0.15) is 5.75 Å². The molecule has 0 aliphatic rings. The molecule has 1 atom stereocenters. The van der Waals surface area contributed by atoms with E-state index < -0.39 is 8.80 Å². The highest BCUT2D eigenvalue weighted by atomic mass is 28.4. The van der Waals surface area contributed by atoms with Crippen LogP contribution in [0.15, 0.2) is 24.3 Å². The molecular formula is C13H22O5Si. The van der Waals surface area contributed by atoms with Crippen LogP contribution >= 0.6 is 0 Å². The second kappa shape index (κ2) is 7.61. The summed E-state index contributed by atoms with van der Waals surface area (Å²) in [6, 6.07) is 7.52. The molecule has 0 bridgehead atoms. The first-order valence-corrected chi connectivity index (χ1v) is 7.89. The Bertz CT molecular complexity index is 373. The van der Waals surface area contributed by atoms with Gasteiger partial charge in [0.2, 0.25) is 0 Å². The summed E-state index contributed by atoms with van der Waals surface area (Å²) in [6.07, 6.45) is -0.344. The van der Waals surface area contributed by atoms with Gasteiger partial charge in [-0.1, -0.05) is 18.2 Å². The van der Waals surface area contributed by atoms with Gasteiger partial charge in [0.15, 0.2) is 6.29 Å². The van der Waals surface area contributed by atoms with Gasteiger partial charge < -0.3 is 22.8 Å². The summed E-state index contributed by atoms with van der Waals surface area (Å²) < 4.78 is 27.6. The molecule has 6 heteroatoms. The van der Waals surface area contributed by atoms with E-state index in [1.807, 2.05) is 38.1 Å². The van der Waals surface area contributed by atoms with Crippen molar-refractivity contribution in [2.45, 2.75) is 20.1 Å². The normalized spacial score (nSPS) is 13.3. The van der Waals surface area contributed by atoms with E-state index in [-0.39, 0.29) is 6.29 Å². The maximum atomic E-state index is 5.77. The van der Waals surface area contributed by atoms with Crippen molar-refractivity contribution in [2.24, 2.45) is 0 Å². The van der Waals surface area contributed by atoms with Crippen molar-refractivity contribution in [3.8, 4) is 5.75 Å². The molecule has 0 aromatic heterocycles. The average Bonchev–Trinajstić information content (AvgIpc) is 2.43. The van der Waals surface area contributed by atoms with E-state index in [2.05, 4.69) is 0 Å². The maximum Gasteiger partial charge on any atom is 0.540 e. The second-order valence-corrected chi connectivity index (χ2v) is 6.68. The molecule has 0 amide bonds. The summed E-state index contributed by atoms with van der Waals surface area (Å²) in [5, 5.41) is 0.786. The van der Waals surface area contributed by atoms with E-state index >= 15 is 0 Å². The summed E-state index contributed by atoms with van der Waals surface area (Å²) in [6.45, 7) is 4.35. The van der Waals surface area contributed by atoms with Gasteiger partial charge in [0.25, 0.3) is 0 Å². The Kier molecular flexibility index (Phi) is 6.46. The SMILES string of the molecule is CCOC(C)Oc1ccccc1[Si](OC)(OC)OC. The van der Waals surface area contributed by atoms with E-state index in [9.17, 15) is 0 Å². The van der Waals surface area contributed by atoms with Crippen molar-refractivity contribution in [3.63, 3.8) is 0 Å². The quantitative estimate of drug-likeness (QED) is 0.536. The van der Waals surface area contributed by atoms with E-state index in [0.29, 0.717) is 12.4 Å². The fraction of sp³-hybridized carbons (Fsp3) is 0.538. The minimum absolute atomic E-state index is 0.344. The predicted molar refractivity (Wildman–Crippen MR) is 74.6 cm³/mol. The first-order chi connectivity index (χ1) is 9.13. The standard InChI is InChI=1S/C13H22O5Si/c1-6-17-11(2)18-12-9-7-8-10-13(12)19(14-3,15-4)16-5/h7-11H,6H2,1-5H3. The third-order valence-electron chi connectivity index (χ3n) is 2.72. The van der Waals surface area contributed by atoms with Crippen LogP contribution in [0.3, 0.4) is 0 Å². The molecule has 0 spiro atoms. The lowest BCUT2D eigenvalue weighted by Gasteiger charge is -2.27. The van der Waals surface area contributed by atoms with Gasteiger partial charge >= 0.3 is 8.80 Å². The molecule has 108 valence electrons. The number of rotatable bonds is 8. The molecule has 0 heterocycles. The topological polar surface area (TPSA) is 46.2 Å². The fourth-order valence-electron chi connectivity index (χ4n) is 1.85. The number of hydrogen-bond acceptors (Lipinski definition) is 5. The Morgan fingerprint density at radius 2 is 1.63 bits per heavy atom. The van der Waals surface area contributed by atoms with E-state index in [1.165, 1.54) is 0 Å². The van der Waals surface area contributed by atoms with E-state index in [0.717, 1.165) is 5.19 Å². The molecular weight excluding hydrogens is 264 g/mol. The minimum atomic E-state index is -2.91. The van der Waals surface area contributed by atoms with Crippen LogP contribution in [0.5, 0.6) is 5.75 Å². The van der Waals surface area contributed by atoms with Gasteiger partial charge in [0, 0.05) is 27.9 Å². The smallest absolute Gasteiger partial charge is 0.465 e. The lowest BCUT2D eigenvalue weighted by Crippen LogP contribution is -2.55. The van der Waals surface area contributed by atoms with Crippen LogP contribution in [-0.4, -0.2) is 43.0 Å². The van der Waals surface area contributed by atoms with Crippen LogP contribution in [0.25, 0.3) is 0 Å². The van der Waals surface area contributed by atoms with Gasteiger partial charge in [0.05, 0.1) is 5.19 Å². The molecule has 0 radical (unpaired) electrons. The lowest BCUT2D eigenvalue weighted by atomic mass is 10.3. The fourth-order valence-corrected chi connectivity index (χ4v) is 3.75. The summed E-state index contributed by atoms with van der Waals surface area (Å²) in [5.74, 6) is 0.653. The zero-order valence-corrected chi connectivity index (χ0v) is 13.1. The molecule has 1 aromatic rings. The van der Waals surface area contributed by atoms with Gasteiger partial charge in [-0.15, -0.1) is 0 Å². The summed E-state index contributed by atoms with van der Waals surface area (Å²) in [5.41, 5.74) is 0. The van der Waals surface area contributed by atoms with Gasteiger partial charge in [-0.25, -0.2) is 0 Å². The second-order valence-electron chi connectivity index (χ2n) is 3.81. The molecule has 1 rings (SSSR count). The zero-order valence-electron chi connectivity index (χ0n) is 12.1. The third kappa shape index (κ3) is 3.77. The molecule has 0 saturated carbocycles. The Morgan fingerprint density at radius 3 is 2.16 bits per heavy atom. The number of hydrogen-bond donors (Lipinski definition) is 0. The Morgan fingerprint density at radius 1 is 1.05 bits per heavy atom. The molecule has 5 nitrogen and oxygen atoms in total. The Hall–Kier alpha value is -0.923.